The van der Waals surface area contributed by atoms with Crippen molar-refractivity contribution < 1.29 is 4.39 Å². The number of nitrogen functional groups attached to an aromatic ring is 1. The van der Waals surface area contributed by atoms with Crippen molar-refractivity contribution in [3.05, 3.63) is 51.7 Å². The Hall–Kier alpha value is -1.55. The number of nitrogens with one attached hydrogen (secondary N) is 1. The molecule has 0 unspecified atom stereocenters. The molecule has 4 heteroatoms. The molecule has 0 aromatic heterocycles. The van der Waals surface area contributed by atoms with E-state index in [0.717, 1.165) is 22.5 Å². The van der Waals surface area contributed by atoms with Crippen LogP contribution in [0.25, 0.3) is 0 Å². The van der Waals surface area contributed by atoms with Crippen LogP contribution in [0.5, 0.6) is 0 Å². The summed E-state index contributed by atoms with van der Waals surface area (Å²) in [6.07, 6.45) is 0. The lowest BCUT2D eigenvalue weighted by atomic mass is 10.1. The van der Waals surface area contributed by atoms with Gasteiger partial charge in [-0.05, 0) is 65.2 Å². The molecule has 0 aliphatic rings. The molecular formula is C14H14BrFN2. The third kappa shape index (κ3) is 2.64. The molecule has 2 nitrogen and oxygen atoms in total. The summed E-state index contributed by atoms with van der Waals surface area (Å²) in [5.74, 6) is -0.287. The topological polar surface area (TPSA) is 38.0 Å². The van der Waals surface area contributed by atoms with Crippen LogP contribution in [0.1, 0.15) is 11.1 Å². The van der Waals surface area contributed by atoms with Gasteiger partial charge in [-0.3, -0.25) is 0 Å². The van der Waals surface area contributed by atoms with E-state index < -0.39 is 0 Å². The van der Waals surface area contributed by atoms with Crippen LogP contribution < -0.4 is 11.1 Å². The maximum Gasteiger partial charge on any atom is 0.139 e. The van der Waals surface area contributed by atoms with Gasteiger partial charge in [-0.15, -0.1) is 0 Å². The maximum absolute atomic E-state index is 13.5. The van der Waals surface area contributed by atoms with Gasteiger partial charge in [0, 0.05) is 17.1 Å². The largest absolute Gasteiger partial charge is 0.399 e. The number of anilines is 3. The third-order valence-corrected chi connectivity index (χ3v) is 3.41. The molecule has 0 heterocycles. The first-order valence-electron chi connectivity index (χ1n) is 5.56. The minimum atomic E-state index is -0.287. The summed E-state index contributed by atoms with van der Waals surface area (Å²) < 4.78 is 14.0. The summed E-state index contributed by atoms with van der Waals surface area (Å²) in [6, 6.07) is 8.84. The molecule has 94 valence electrons. The summed E-state index contributed by atoms with van der Waals surface area (Å²) in [6.45, 7) is 3.90. The molecule has 0 atom stereocenters. The van der Waals surface area contributed by atoms with Gasteiger partial charge in [0.2, 0.25) is 0 Å². The second-order valence-electron chi connectivity index (χ2n) is 4.28. The van der Waals surface area contributed by atoms with Gasteiger partial charge in [-0.1, -0.05) is 6.07 Å². The second kappa shape index (κ2) is 4.98. The molecule has 0 saturated heterocycles. The Balaban J connectivity index is 2.40. The molecular weight excluding hydrogens is 295 g/mol. The predicted molar refractivity (Wildman–Crippen MR) is 77.7 cm³/mol. The van der Waals surface area contributed by atoms with E-state index in [2.05, 4.69) is 21.2 Å². The Kier molecular flexibility index (Phi) is 3.57. The highest BCUT2D eigenvalue weighted by Gasteiger charge is 2.07. The second-order valence-corrected chi connectivity index (χ2v) is 5.13. The van der Waals surface area contributed by atoms with E-state index >= 15 is 0 Å². The van der Waals surface area contributed by atoms with E-state index in [1.54, 1.807) is 6.07 Å². The molecule has 0 amide bonds. The Bertz CT molecular complexity index is 597. The third-order valence-electron chi connectivity index (χ3n) is 2.80. The van der Waals surface area contributed by atoms with E-state index in [0.29, 0.717) is 10.2 Å². The quantitative estimate of drug-likeness (QED) is 0.800. The molecule has 0 bridgehead atoms. The maximum atomic E-state index is 13.5. The van der Waals surface area contributed by atoms with Crippen LogP contribution in [0.2, 0.25) is 0 Å². The van der Waals surface area contributed by atoms with Crippen molar-refractivity contribution in [2.45, 2.75) is 13.8 Å². The minimum absolute atomic E-state index is 0.287. The lowest BCUT2D eigenvalue weighted by molar-refractivity contribution is 0.621. The fourth-order valence-corrected chi connectivity index (χ4v) is 2.16. The number of rotatable bonds is 2. The standard InChI is InChI=1S/C14H14BrFN2/c1-8-3-4-10(17)6-13(8)18-14-7-12(16)11(15)5-9(14)2/h3-7,18H,17H2,1-2H3. The van der Waals surface area contributed by atoms with Gasteiger partial charge in [0.1, 0.15) is 5.82 Å². The van der Waals surface area contributed by atoms with Crippen LogP contribution in [-0.4, -0.2) is 0 Å². The van der Waals surface area contributed by atoms with Gasteiger partial charge in [-0.25, -0.2) is 4.39 Å². The molecule has 3 N–H and O–H groups in total. The fraction of sp³-hybridized carbons (Fsp3) is 0.143. The average Bonchev–Trinajstić information content (AvgIpc) is 2.30. The van der Waals surface area contributed by atoms with Crippen molar-refractivity contribution in [3.63, 3.8) is 0 Å². The number of hydrogen-bond donors (Lipinski definition) is 2. The van der Waals surface area contributed by atoms with Gasteiger partial charge in [0.15, 0.2) is 0 Å². The first-order valence-corrected chi connectivity index (χ1v) is 6.35. The van der Waals surface area contributed by atoms with Gasteiger partial charge in [0.25, 0.3) is 0 Å². The normalized spacial score (nSPS) is 10.4. The highest BCUT2D eigenvalue weighted by Crippen LogP contribution is 2.28. The monoisotopic (exact) mass is 308 g/mol. The van der Waals surface area contributed by atoms with Crippen molar-refractivity contribution >= 4 is 33.0 Å². The Labute approximate surface area is 114 Å². The van der Waals surface area contributed by atoms with Gasteiger partial charge < -0.3 is 11.1 Å². The van der Waals surface area contributed by atoms with Crippen molar-refractivity contribution in [1.82, 2.24) is 0 Å². The Morgan fingerprint density at radius 2 is 1.72 bits per heavy atom. The molecule has 0 fully saturated rings. The van der Waals surface area contributed by atoms with Crippen molar-refractivity contribution in [2.75, 3.05) is 11.1 Å². The lowest BCUT2D eigenvalue weighted by Crippen LogP contribution is -1.98. The van der Waals surface area contributed by atoms with Gasteiger partial charge in [-0.2, -0.15) is 0 Å². The molecule has 2 aromatic carbocycles. The van der Waals surface area contributed by atoms with Crippen LogP contribution in [0.4, 0.5) is 21.5 Å². The summed E-state index contributed by atoms with van der Waals surface area (Å²) in [5, 5.41) is 3.21. The SMILES string of the molecule is Cc1ccc(N)cc1Nc1cc(F)c(Br)cc1C. The smallest absolute Gasteiger partial charge is 0.139 e. The highest BCUT2D eigenvalue weighted by molar-refractivity contribution is 9.10. The van der Waals surface area contributed by atoms with Crippen molar-refractivity contribution in [1.29, 1.82) is 0 Å². The molecule has 0 aliphatic heterocycles. The first kappa shape index (κ1) is 12.9. The summed E-state index contributed by atoms with van der Waals surface area (Å²) in [5.41, 5.74) is 10.1. The van der Waals surface area contributed by atoms with Crippen LogP contribution in [0.15, 0.2) is 34.8 Å². The van der Waals surface area contributed by atoms with E-state index in [1.807, 2.05) is 32.0 Å². The molecule has 0 radical (unpaired) electrons. The molecule has 0 saturated carbocycles. The molecule has 2 rings (SSSR count). The summed E-state index contributed by atoms with van der Waals surface area (Å²) in [4.78, 5) is 0. The molecule has 0 spiro atoms. The van der Waals surface area contributed by atoms with E-state index in [1.165, 1.54) is 6.07 Å². The molecule has 18 heavy (non-hydrogen) atoms. The lowest BCUT2D eigenvalue weighted by Gasteiger charge is -2.13. The molecule has 2 aromatic rings. The first-order chi connectivity index (χ1) is 8.47. The van der Waals surface area contributed by atoms with Crippen molar-refractivity contribution in [3.8, 4) is 0 Å². The zero-order chi connectivity index (χ0) is 13.3. The van der Waals surface area contributed by atoms with Crippen molar-refractivity contribution in [2.24, 2.45) is 0 Å². The van der Waals surface area contributed by atoms with E-state index in [-0.39, 0.29) is 5.82 Å². The van der Waals surface area contributed by atoms with Crippen LogP contribution >= 0.6 is 15.9 Å². The fourth-order valence-electron chi connectivity index (χ4n) is 1.70. The molecule has 0 aliphatic carbocycles. The summed E-state index contributed by atoms with van der Waals surface area (Å²) in [7, 11) is 0. The Morgan fingerprint density at radius 1 is 1.06 bits per heavy atom. The highest BCUT2D eigenvalue weighted by atomic mass is 79.9. The van der Waals surface area contributed by atoms with Gasteiger partial charge in [0.05, 0.1) is 4.47 Å². The van der Waals surface area contributed by atoms with Gasteiger partial charge >= 0.3 is 0 Å². The van der Waals surface area contributed by atoms with E-state index in [4.69, 9.17) is 5.73 Å². The van der Waals surface area contributed by atoms with Crippen LogP contribution in [-0.2, 0) is 0 Å². The van der Waals surface area contributed by atoms with E-state index in [9.17, 15) is 4.39 Å². The Morgan fingerprint density at radius 3 is 2.44 bits per heavy atom. The van der Waals surface area contributed by atoms with Crippen LogP contribution in [0, 0.1) is 19.7 Å². The number of aryl methyl sites for hydroxylation is 2. The number of benzene rings is 2. The zero-order valence-electron chi connectivity index (χ0n) is 10.2. The summed E-state index contributed by atoms with van der Waals surface area (Å²) >= 11 is 3.17. The number of nitrogens with two attached hydrogens (primary N) is 1. The minimum Gasteiger partial charge on any atom is -0.399 e. The predicted octanol–water partition coefficient (Wildman–Crippen LogP) is 4.53. The van der Waals surface area contributed by atoms with Crippen LogP contribution in [0.3, 0.4) is 0 Å². The number of halogens is 2. The number of hydrogen-bond acceptors (Lipinski definition) is 2. The average molecular weight is 309 g/mol. The zero-order valence-corrected chi connectivity index (χ0v) is 11.8.